The number of carbonyl (C=O) groups is 1. The van der Waals surface area contributed by atoms with Gasteiger partial charge in [-0.1, -0.05) is 0 Å². The van der Waals surface area contributed by atoms with E-state index in [1.54, 1.807) is 12.1 Å². The molecule has 2 rings (SSSR count). The number of hydrogen-bond donors (Lipinski definition) is 2. The normalized spacial score (nSPS) is 14.0. The van der Waals surface area contributed by atoms with Gasteiger partial charge in [-0.2, -0.15) is 13.2 Å². The van der Waals surface area contributed by atoms with Gasteiger partial charge in [0.1, 0.15) is 5.01 Å². The second kappa shape index (κ2) is 7.36. The SMILES string of the molecule is COc1cc(CNC(=O)CC(O)(c2nc(C)cs2)C(F)(F)F)ccn1. The lowest BCUT2D eigenvalue weighted by atomic mass is 9.99. The average molecular weight is 375 g/mol. The number of thiazole rings is 1. The first-order chi connectivity index (χ1) is 11.7. The number of nitrogens with one attached hydrogen (secondary N) is 1. The Kier molecular flexibility index (Phi) is 5.63. The molecule has 2 aromatic heterocycles. The first kappa shape index (κ1) is 19.1. The first-order valence-corrected chi connectivity index (χ1v) is 8.01. The summed E-state index contributed by atoms with van der Waals surface area (Å²) < 4.78 is 44.9. The zero-order chi connectivity index (χ0) is 18.7. The Morgan fingerprint density at radius 2 is 2.16 bits per heavy atom. The molecule has 0 aliphatic rings. The molecule has 1 unspecified atom stereocenters. The molecule has 1 atom stereocenters. The highest BCUT2D eigenvalue weighted by Gasteiger charge is 2.58. The number of aliphatic hydroxyl groups is 1. The Balaban J connectivity index is 2.09. The van der Waals surface area contributed by atoms with E-state index < -0.39 is 29.1 Å². The lowest BCUT2D eigenvalue weighted by molar-refractivity contribution is -0.267. The van der Waals surface area contributed by atoms with Gasteiger partial charge in [0.25, 0.3) is 0 Å². The fourth-order valence-corrected chi connectivity index (χ4v) is 2.92. The molecule has 0 saturated carbocycles. The van der Waals surface area contributed by atoms with Crippen LogP contribution in [0, 0.1) is 6.92 Å². The molecule has 1 amide bonds. The van der Waals surface area contributed by atoms with Crippen LogP contribution in [0.25, 0.3) is 0 Å². The molecule has 10 heteroatoms. The maximum Gasteiger partial charge on any atom is 0.424 e. The van der Waals surface area contributed by atoms with Crippen LogP contribution in [0.3, 0.4) is 0 Å². The smallest absolute Gasteiger partial charge is 0.424 e. The highest BCUT2D eigenvalue weighted by Crippen LogP contribution is 2.42. The molecule has 6 nitrogen and oxygen atoms in total. The third-order valence-corrected chi connectivity index (χ3v) is 4.47. The van der Waals surface area contributed by atoms with Crippen molar-refractivity contribution >= 4 is 17.2 Å². The molecule has 0 fully saturated rings. The molecule has 0 radical (unpaired) electrons. The number of pyridine rings is 1. The maximum atomic E-state index is 13.3. The van der Waals surface area contributed by atoms with Crippen molar-refractivity contribution < 1.29 is 27.8 Å². The van der Waals surface area contributed by atoms with Crippen molar-refractivity contribution in [1.29, 1.82) is 0 Å². The minimum absolute atomic E-state index is 0.0253. The molecule has 0 aliphatic heterocycles. The van der Waals surface area contributed by atoms with Crippen LogP contribution in [0.4, 0.5) is 13.2 Å². The molecule has 0 aliphatic carbocycles. The fourth-order valence-electron chi connectivity index (χ4n) is 2.01. The van der Waals surface area contributed by atoms with Crippen LogP contribution in [0.2, 0.25) is 0 Å². The van der Waals surface area contributed by atoms with E-state index >= 15 is 0 Å². The summed E-state index contributed by atoms with van der Waals surface area (Å²) in [4.78, 5) is 19.5. The molecule has 0 spiro atoms. The number of rotatable bonds is 6. The van der Waals surface area contributed by atoms with E-state index in [9.17, 15) is 23.1 Å². The second-order valence-corrected chi connectivity index (χ2v) is 6.17. The number of carbonyl (C=O) groups excluding carboxylic acids is 1. The second-order valence-electron chi connectivity index (χ2n) is 5.31. The van der Waals surface area contributed by atoms with Gasteiger partial charge in [-0.05, 0) is 18.6 Å². The monoisotopic (exact) mass is 375 g/mol. The quantitative estimate of drug-likeness (QED) is 0.810. The van der Waals surface area contributed by atoms with E-state index in [1.165, 1.54) is 25.6 Å². The van der Waals surface area contributed by atoms with E-state index in [1.807, 2.05) is 0 Å². The van der Waals surface area contributed by atoms with E-state index in [-0.39, 0.29) is 6.54 Å². The third-order valence-electron chi connectivity index (χ3n) is 3.36. The summed E-state index contributed by atoms with van der Waals surface area (Å²) >= 11 is 0.659. The van der Waals surface area contributed by atoms with Gasteiger partial charge >= 0.3 is 6.18 Å². The summed E-state index contributed by atoms with van der Waals surface area (Å²) in [6.07, 6.45) is -4.76. The van der Waals surface area contributed by atoms with Crippen molar-refractivity contribution in [3.05, 3.63) is 40.0 Å². The van der Waals surface area contributed by atoms with Gasteiger partial charge in [0.05, 0.1) is 13.5 Å². The number of halogens is 3. The number of aromatic nitrogens is 2. The Morgan fingerprint density at radius 1 is 1.44 bits per heavy atom. The molecule has 0 bridgehead atoms. The predicted molar refractivity (Wildman–Crippen MR) is 84.1 cm³/mol. The lowest BCUT2D eigenvalue weighted by Crippen LogP contribution is -2.46. The molecular formula is C15H16F3N3O3S. The zero-order valence-electron chi connectivity index (χ0n) is 13.4. The Hall–Kier alpha value is -2.20. The van der Waals surface area contributed by atoms with Crippen molar-refractivity contribution in [3.63, 3.8) is 0 Å². The first-order valence-electron chi connectivity index (χ1n) is 7.13. The van der Waals surface area contributed by atoms with Crippen LogP contribution in [-0.4, -0.2) is 34.3 Å². The molecule has 2 heterocycles. The zero-order valence-corrected chi connectivity index (χ0v) is 14.2. The van der Waals surface area contributed by atoms with Gasteiger partial charge in [-0.15, -0.1) is 11.3 Å². The van der Waals surface area contributed by atoms with Crippen LogP contribution in [-0.2, 0) is 16.9 Å². The van der Waals surface area contributed by atoms with Gasteiger partial charge < -0.3 is 15.2 Å². The number of hydrogen-bond acceptors (Lipinski definition) is 6. The Labute approximate surface area is 145 Å². The van der Waals surface area contributed by atoms with E-state index in [0.29, 0.717) is 28.5 Å². The number of ether oxygens (including phenoxy) is 1. The molecule has 25 heavy (non-hydrogen) atoms. The van der Waals surface area contributed by atoms with Gasteiger partial charge in [0.15, 0.2) is 0 Å². The molecule has 2 aromatic rings. The van der Waals surface area contributed by atoms with Crippen molar-refractivity contribution in [2.45, 2.75) is 31.7 Å². The maximum absolute atomic E-state index is 13.3. The molecule has 136 valence electrons. The third kappa shape index (κ3) is 4.45. The van der Waals surface area contributed by atoms with Gasteiger partial charge in [0, 0.05) is 29.9 Å². The highest BCUT2D eigenvalue weighted by atomic mass is 32.1. The van der Waals surface area contributed by atoms with Crippen molar-refractivity contribution in [2.75, 3.05) is 7.11 Å². The highest BCUT2D eigenvalue weighted by molar-refractivity contribution is 7.09. The summed E-state index contributed by atoms with van der Waals surface area (Å²) in [5.41, 5.74) is -2.39. The standard InChI is InChI=1S/C15H16F3N3O3S/c1-9-8-25-13(21-9)14(23,15(16,17)18)6-11(22)20-7-10-3-4-19-12(5-10)24-2/h3-5,8,23H,6-7H2,1-2H3,(H,20,22). The summed E-state index contributed by atoms with van der Waals surface area (Å²) in [5, 5.41) is 13.3. The number of methoxy groups -OCH3 is 1. The number of alkyl halides is 3. The van der Waals surface area contributed by atoms with Gasteiger partial charge in [0.2, 0.25) is 17.4 Å². The van der Waals surface area contributed by atoms with Crippen LogP contribution in [0.1, 0.15) is 22.7 Å². The van der Waals surface area contributed by atoms with Crippen LogP contribution in [0.5, 0.6) is 5.88 Å². The number of nitrogens with zero attached hydrogens (tertiary/aromatic N) is 2. The van der Waals surface area contributed by atoms with Gasteiger partial charge in [-0.3, -0.25) is 4.79 Å². The lowest BCUT2D eigenvalue weighted by Gasteiger charge is -2.27. The summed E-state index contributed by atoms with van der Waals surface area (Å²) in [5.74, 6) is -0.639. The predicted octanol–water partition coefficient (Wildman–Crippen LogP) is 2.31. The minimum Gasteiger partial charge on any atom is -0.481 e. The van der Waals surface area contributed by atoms with Crippen molar-refractivity contribution in [2.24, 2.45) is 0 Å². The minimum atomic E-state index is -5.03. The Bertz CT molecular complexity index is 751. The van der Waals surface area contributed by atoms with Crippen molar-refractivity contribution in [1.82, 2.24) is 15.3 Å². The molecular weight excluding hydrogens is 359 g/mol. The summed E-state index contributed by atoms with van der Waals surface area (Å²) in [7, 11) is 1.42. The summed E-state index contributed by atoms with van der Waals surface area (Å²) in [6, 6.07) is 3.13. The number of amides is 1. The Morgan fingerprint density at radius 3 is 2.72 bits per heavy atom. The van der Waals surface area contributed by atoms with Crippen LogP contribution in [0.15, 0.2) is 23.7 Å². The molecule has 0 aromatic carbocycles. The molecule has 0 saturated heterocycles. The van der Waals surface area contributed by atoms with Crippen LogP contribution < -0.4 is 10.1 Å². The van der Waals surface area contributed by atoms with E-state index in [2.05, 4.69) is 15.3 Å². The largest absolute Gasteiger partial charge is 0.481 e. The van der Waals surface area contributed by atoms with Crippen LogP contribution >= 0.6 is 11.3 Å². The number of aryl methyl sites for hydroxylation is 1. The molecule has 2 N–H and O–H groups in total. The summed E-state index contributed by atoms with van der Waals surface area (Å²) in [6.45, 7) is 1.48. The average Bonchev–Trinajstić information content (AvgIpc) is 2.99. The van der Waals surface area contributed by atoms with Crippen molar-refractivity contribution in [3.8, 4) is 5.88 Å². The fraction of sp³-hybridized carbons (Fsp3) is 0.400. The van der Waals surface area contributed by atoms with E-state index in [4.69, 9.17) is 4.74 Å². The van der Waals surface area contributed by atoms with Gasteiger partial charge in [-0.25, -0.2) is 9.97 Å². The van der Waals surface area contributed by atoms with E-state index in [0.717, 1.165) is 0 Å². The topological polar surface area (TPSA) is 84.3 Å².